The summed E-state index contributed by atoms with van der Waals surface area (Å²) in [4.78, 5) is 15.0. The van der Waals surface area contributed by atoms with E-state index in [1.165, 1.54) is 24.1 Å². The molecule has 4 heterocycles. The van der Waals surface area contributed by atoms with Crippen LogP contribution in [-0.4, -0.2) is 58.8 Å². The van der Waals surface area contributed by atoms with Gasteiger partial charge in [0.05, 0.1) is 23.6 Å². The number of methoxy groups -OCH3 is 1. The summed E-state index contributed by atoms with van der Waals surface area (Å²) in [5.74, 6) is 2.48. The Bertz CT molecular complexity index is 1040. The second-order valence-corrected chi connectivity index (χ2v) is 8.33. The molecule has 0 spiro atoms. The van der Waals surface area contributed by atoms with Crippen LogP contribution in [0, 0.1) is 0 Å². The minimum atomic E-state index is 0.0927. The highest BCUT2D eigenvalue weighted by atomic mass is 16.5. The normalized spacial score (nSPS) is 24.7. The Balaban J connectivity index is 1.36. The summed E-state index contributed by atoms with van der Waals surface area (Å²) in [7, 11) is 1.78. The molecule has 29 heavy (non-hydrogen) atoms. The van der Waals surface area contributed by atoms with Gasteiger partial charge in [-0.1, -0.05) is 18.2 Å². The van der Waals surface area contributed by atoms with Crippen molar-refractivity contribution in [2.75, 3.05) is 32.1 Å². The van der Waals surface area contributed by atoms with Gasteiger partial charge in [-0.25, -0.2) is 9.97 Å². The van der Waals surface area contributed by atoms with E-state index in [-0.39, 0.29) is 12.1 Å². The Morgan fingerprint density at radius 2 is 2.07 bits per heavy atom. The van der Waals surface area contributed by atoms with Gasteiger partial charge in [0.1, 0.15) is 30.1 Å². The SMILES string of the molecule is COC1CN([C@@H]2COc3ccccc3[C@H]2Nc2ncnc3[nH]c(C4CC4)cc23)C1. The molecule has 6 rings (SSSR count). The van der Waals surface area contributed by atoms with E-state index in [0.717, 1.165) is 35.7 Å². The molecule has 7 heteroatoms. The minimum Gasteiger partial charge on any atom is -0.491 e. The molecular weight excluding hydrogens is 366 g/mol. The van der Waals surface area contributed by atoms with Crippen molar-refractivity contribution in [2.24, 2.45) is 0 Å². The quantitative estimate of drug-likeness (QED) is 0.696. The van der Waals surface area contributed by atoms with E-state index in [1.807, 2.05) is 12.1 Å². The largest absolute Gasteiger partial charge is 0.491 e. The first kappa shape index (κ1) is 17.2. The molecule has 2 N–H and O–H groups in total. The lowest BCUT2D eigenvalue weighted by Crippen LogP contribution is -2.60. The van der Waals surface area contributed by atoms with Crippen molar-refractivity contribution < 1.29 is 9.47 Å². The van der Waals surface area contributed by atoms with E-state index >= 15 is 0 Å². The molecule has 2 atom stereocenters. The van der Waals surface area contributed by atoms with Crippen LogP contribution in [0.15, 0.2) is 36.7 Å². The maximum Gasteiger partial charge on any atom is 0.143 e. The summed E-state index contributed by atoms with van der Waals surface area (Å²) in [6, 6.07) is 10.8. The van der Waals surface area contributed by atoms with Gasteiger partial charge in [-0.2, -0.15) is 0 Å². The molecule has 150 valence electrons. The second-order valence-electron chi connectivity index (χ2n) is 8.33. The van der Waals surface area contributed by atoms with E-state index in [1.54, 1.807) is 13.4 Å². The van der Waals surface area contributed by atoms with Crippen LogP contribution in [0.3, 0.4) is 0 Å². The fourth-order valence-electron chi connectivity index (χ4n) is 4.56. The van der Waals surface area contributed by atoms with E-state index in [9.17, 15) is 0 Å². The molecule has 1 aliphatic carbocycles. The van der Waals surface area contributed by atoms with Crippen molar-refractivity contribution in [2.45, 2.75) is 36.9 Å². The Morgan fingerprint density at radius 1 is 1.21 bits per heavy atom. The summed E-state index contributed by atoms with van der Waals surface area (Å²) >= 11 is 0. The Kier molecular flexibility index (Phi) is 3.99. The Morgan fingerprint density at radius 3 is 2.90 bits per heavy atom. The number of H-pyrrole nitrogens is 1. The molecule has 0 radical (unpaired) electrons. The highest BCUT2D eigenvalue weighted by Crippen LogP contribution is 2.42. The number of aromatic nitrogens is 3. The van der Waals surface area contributed by atoms with Crippen molar-refractivity contribution in [1.29, 1.82) is 0 Å². The van der Waals surface area contributed by atoms with Crippen molar-refractivity contribution >= 4 is 16.9 Å². The van der Waals surface area contributed by atoms with Gasteiger partial charge in [0.25, 0.3) is 0 Å². The molecule has 3 aromatic rings. The van der Waals surface area contributed by atoms with Gasteiger partial charge in [0, 0.05) is 31.5 Å². The zero-order valence-corrected chi connectivity index (χ0v) is 16.5. The number of likely N-dealkylation sites (tertiary alicyclic amines) is 1. The lowest BCUT2D eigenvalue weighted by atomic mass is 9.92. The summed E-state index contributed by atoms with van der Waals surface area (Å²) in [5.41, 5.74) is 3.36. The molecule has 0 bridgehead atoms. The molecule has 2 fully saturated rings. The lowest BCUT2D eigenvalue weighted by molar-refractivity contribution is -0.0654. The van der Waals surface area contributed by atoms with Crippen LogP contribution in [0.2, 0.25) is 0 Å². The van der Waals surface area contributed by atoms with Crippen molar-refractivity contribution in [3.8, 4) is 5.75 Å². The van der Waals surface area contributed by atoms with Gasteiger partial charge in [0.2, 0.25) is 0 Å². The van der Waals surface area contributed by atoms with Crippen LogP contribution in [0.25, 0.3) is 11.0 Å². The highest BCUT2D eigenvalue weighted by molar-refractivity contribution is 5.88. The van der Waals surface area contributed by atoms with Gasteiger partial charge in [-0.05, 0) is 30.9 Å². The lowest BCUT2D eigenvalue weighted by Gasteiger charge is -2.48. The number of benzene rings is 1. The number of nitrogens with one attached hydrogen (secondary N) is 2. The third-order valence-electron chi connectivity index (χ3n) is 6.48. The average Bonchev–Trinajstić information content (AvgIpc) is 3.47. The third-order valence-corrected chi connectivity index (χ3v) is 6.48. The molecule has 1 aromatic carbocycles. The first-order valence-electron chi connectivity index (χ1n) is 10.4. The van der Waals surface area contributed by atoms with Gasteiger partial charge in [-0.3, -0.25) is 4.90 Å². The predicted molar refractivity (Wildman–Crippen MR) is 110 cm³/mol. The molecule has 0 amide bonds. The zero-order valence-electron chi connectivity index (χ0n) is 16.5. The van der Waals surface area contributed by atoms with Crippen LogP contribution in [0.5, 0.6) is 5.75 Å². The monoisotopic (exact) mass is 391 g/mol. The molecule has 7 nitrogen and oxygen atoms in total. The number of rotatable bonds is 5. The van der Waals surface area contributed by atoms with Crippen molar-refractivity contribution in [3.63, 3.8) is 0 Å². The molecule has 3 aliphatic rings. The molecule has 1 saturated heterocycles. The number of fused-ring (bicyclic) bond motifs is 2. The number of para-hydroxylation sites is 1. The van der Waals surface area contributed by atoms with Gasteiger partial charge in [-0.15, -0.1) is 0 Å². The molecule has 2 aromatic heterocycles. The summed E-state index contributed by atoms with van der Waals surface area (Å²) in [6.07, 6.45) is 4.47. The average molecular weight is 391 g/mol. The Hall–Kier alpha value is -2.64. The van der Waals surface area contributed by atoms with E-state index in [2.05, 4.69) is 43.4 Å². The number of hydrogen-bond donors (Lipinski definition) is 2. The summed E-state index contributed by atoms with van der Waals surface area (Å²) in [5, 5.41) is 4.82. The van der Waals surface area contributed by atoms with Crippen molar-refractivity contribution in [3.05, 3.63) is 47.9 Å². The number of hydrogen-bond acceptors (Lipinski definition) is 6. The fraction of sp³-hybridized carbons (Fsp3) is 0.455. The molecule has 1 saturated carbocycles. The molecule has 2 aliphatic heterocycles. The van der Waals surface area contributed by atoms with Gasteiger partial charge < -0.3 is 19.8 Å². The second kappa shape index (κ2) is 6.71. The first-order valence-corrected chi connectivity index (χ1v) is 10.4. The number of anilines is 1. The molecular formula is C22H25N5O2. The maximum absolute atomic E-state index is 6.10. The van der Waals surface area contributed by atoms with Gasteiger partial charge in [0.15, 0.2) is 0 Å². The standard InChI is InChI=1S/C22H25N5O2/c1-28-14-9-27(10-14)18-11-29-19-5-3-2-4-15(19)20(18)26-22-16-8-17(13-6-7-13)25-21(16)23-12-24-22/h2-5,8,12-14,18,20H,6-7,9-11H2,1H3,(H2,23,24,25,26)/t18-,20-/m1/s1. The van der Waals surface area contributed by atoms with Crippen LogP contribution in [0.4, 0.5) is 5.82 Å². The number of aromatic amines is 1. The summed E-state index contributed by atoms with van der Waals surface area (Å²) < 4.78 is 11.6. The van der Waals surface area contributed by atoms with E-state index in [4.69, 9.17) is 9.47 Å². The predicted octanol–water partition coefficient (Wildman–Crippen LogP) is 3.08. The zero-order chi connectivity index (χ0) is 19.4. The summed E-state index contributed by atoms with van der Waals surface area (Å²) in [6.45, 7) is 2.51. The van der Waals surface area contributed by atoms with E-state index in [0.29, 0.717) is 18.6 Å². The fourth-order valence-corrected chi connectivity index (χ4v) is 4.56. The van der Waals surface area contributed by atoms with Gasteiger partial charge >= 0.3 is 0 Å². The van der Waals surface area contributed by atoms with E-state index < -0.39 is 0 Å². The first-order chi connectivity index (χ1) is 14.3. The van der Waals surface area contributed by atoms with Crippen LogP contribution in [-0.2, 0) is 4.74 Å². The Labute approximate surface area is 169 Å². The van der Waals surface area contributed by atoms with Crippen LogP contribution >= 0.6 is 0 Å². The maximum atomic E-state index is 6.10. The van der Waals surface area contributed by atoms with Crippen LogP contribution in [0.1, 0.15) is 36.1 Å². The van der Waals surface area contributed by atoms with Crippen molar-refractivity contribution in [1.82, 2.24) is 19.9 Å². The minimum absolute atomic E-state index is 0.0927. The molecule has 0 unspecified atom stereocenters. The smallest absolute Gasteiger partial charge is 0.143 e. The highest BCUT2D eigenvalue weighted by Gasteiger charge is 2.41. The topological polar surface area (TPSA) is 75.3 Å². The number of nitrogens with zero attached hydrogens (tertiary/aromatic N) is 3. The van der Waals surface area contributed by atoms with Crippen LogP contribution < -0.4 is 10.1 Å². The third kappa shape index (κ3) is 2.96. The number of ether oxygens (including phenoxy) is 2.